The van der Waals surface area contributed by atoms with Crippen molar-refractivity contribution in [3.8, 4) is 11.8 Å². The van der Waals surface area contributed by atoms with Crippen molar-refractivity contribution in [1.29, 1.82) is 0 Å². The second kappa shape index (κ2) is 6.44. The Morgan fingerprint density at radius 3 is 2.93 bits per heavy atom. The zero-order valence-corrected chi connectivity index (χ0v) is 9.37. The Balaban J connectivity index is 2.39. The molecule has 0 aromatic heterocycles. The van der Waals surface area contributed by atoms with E-state index in [1.165, 1.54) is 6.07 Å². The number of benzene rings is 1. The van der Waals surface area contributed by atoms with E-state index >= 15 is 0 Å². The lowest BCUT2D eigenvalue weighted by atomic mass is 10.2. The van der Waals surface area contributed by atoms with Crippen LogP contribution >= 0.6 is 11.6 Å². The van der Waals surface area contributed by atoms with Gasteiger partial charge in [0.15, 0.2) is 0 Å². The maximum absolute atomic E-state index is 13.3. The molecule has 1 aromatic rings. The highest BCUT2D eigenvalue weighted by atomic mass is 35.5. The van der Waals surface area contributed by atoms with Gasteiger partial charge in [-0.05, 0) is 19.1 Å². The zero-order valence-electron chi connectivity index (χ0n) is 8.61. The molecule has 0 saturated carbocycles. The van der Waals surface area contributed by atoms with Gasteiger partial charge in [0.25, 0.3) is 0 Å². The van der Waals surface area contributed by atoms with E-state index in [0.29, 0.717) is 17.1 Å². The number of hydrogen-bond acceptors (Lipinski definition) is 1. The molecule has 0 aliphatic heterocycles. The van der Waals surface area contributed by atoms with Crippen LogP contribution in [0.4, 0.5) is 4.39 Å². The summed E-state index contributed by atoms with van der Waals surface area (Å²) in [6.07, 6.45) is 0.783. The Labute approximate surface area is 94.6 Å². The molecule has 1 rings (SSSR count). The highest BCUT2D eigenvalue weighted by Gasteiger charge is 2.01. The van der Waals surface area contributed by atoms with Crippen molar-refractivity contribution in [2.75, 3.05) is 6.54 Å². The normalized spacial score (nSPS) is 9.53. The number of nitrogens with one attached hydrogen (secondary N) is 1. The number of halogens is 2. The van der Waals surface area contributed by atoms with Gasteiger partial charge in [-0.15, -0.1) is 11.8 Å². The fourth-order valence-electron chi connectivity index (χ4n) is 1.16. The van der Waals surface area contributed by atoms with Gasteiger partial charge >= 0.3 is 0 Å². The average Bonchev–Trinajstić information content (AvgIpc) is 2.20. The van der Waals surface area contributed by atoms with Crippen molar-refractivity contribution < 1.29 is 4.39 Å². The summed E-state index contributed by atoms with van der Waals surface area (Å²) in [5.41, 5.74) is 0.629. The second-order valence-corrected chi connectivity index (χ2v) is 3.53. The van der Waals surface area contributed by atoms with Crippen molar-refractivity contribution in [2.45, 2.75) is 19.9 Å². The highest BCUT2D eigenvalue weighted by molar-refractivity contribution is 6.30. The van der Waals surface area contributed by atoms with Crippen LogP contribution < -0.4 is 5.32 Å². The summed E-state index contributed by atoms with van der Waals surface area (Å²) in [4.78, 5) is 0. The fourth-order valence-corrected chi connectivity index (χ4v) is 1.32. The van der Waals surface area contributed by atoms with E-state index in [1.54, 1.807) is 19.1 Å². The average molecular weight is 226 g/mol. The fraction of sp³-hybridized carbons (Fsp3) is 0.333. The topological polar surface area (TPSA) is 12.0 Å². The Morgan fingerprint density at radius 1 is 1.47 bits per heavy atom. The molecule has 0 heterocycles. The number of hydrogen-bond donors (Lipinski definition) is 1. The van der Waals surface area contributed by atoms with Crippen molar-refractivity contribution in [2.24, 2.45) is 0 Å². The molecule has 1 aromatic carbocycles. The Hall–Kier alpha value is -1.04. The molecule has 0 aliphatic carbocycles. The van der Waals surface area contributed by atoms with Crippen molar-refractivity contribution in [3.63, 3.8) is 0 Å². The van der Waals surface area contributed by atoms with Crippen LogP contribution in [0.2, 0.25) is 5.02 Å². The summed E-state index contributed by atoms with van der Waals surface area (Å²) >= 11 is 5.64. The second-order valence-electron chi connectivity index (χ2n) is 3.09. The highest BCUT2D eigenvalue weighted by Crippen LogP contribution is 2.14. The lowest BCUT2D eigenvalue weighted by molar-refractivity contribution is 0.590. The van der Waals surface area contributed by atoms with Crippen LogP contribution in [0.1, 0.15) is 18.9 Å². The molecule has 1 N–H and O–H groups in total. The first-order valence-electron chi connectivity index (χ1n) is 4.78. The van der Waals surface area contributed by atoms with E-state index in [-0.39, 0.29) is 5.82 Å². The summed E-state index contributed by atoms with van der Waals surface area (Å²) < 4.78 is 13.3. The van der Waals surface area contributed by atoms with Crippen LogP contribution in [0.5, 0.6) is 0 Å². The molecule has 0 unspecified atom stereocenters. The first kappa shape index (κ1) is 12.0. The first-order chi connectivity index (χ1) is 7.24. The van der Waals surface area contributed by atoms with E-state index in [1.807, 2.05) is 0 Å². The van der Waals surface area contributed by atoms with Gasteiger partial charge in [0, 0.05) is 30.1 Å². The van der Waals surface area contributed by atoms with Gasteiger partial charge in [0.2, 0.25) is 0 Å². The monoisotopic (exact) mass is 225 g/mol. The van der Waals surface area contributed by atoms with Gasteiger partial charge in [0.05, 0.1) is 0 Å². The Kier molecular flexibility index (Phi) is 5.17. The molecule has 80 valence electrons. The van der Waals surface area contributed by atoms with Gasteiger partial charge in [0.1, 0.15) is 5.82 Å². The molecule has 0 atom stereocenters. The molecule has 0 radical (unpaired) electrons. The van der Waals surface area contributed by atoms with E-state index in [0.717, 1.165) is 13.0 Å². The van der Waals surface area contributed by atoms with Gasteiger partial charge < -0.3 is 5.32 Å². The number of rotatable bonds is 4. The van der Waals surface area contributed by atoms with Crippen molar-refractivity contribution in [3.05, 3.63) is 34.6 Å². The van der Waals surface area contributed by atoms with Gasteiger partial charge in [-0.2, -0.15) is 0 Å². The largest absolute Gasteiger partial charge is 0.312 e. The predicted molar refractivity (Wildman–Crippen MR) is 61.2 cm³/mol. The maximum atomic E-state index is 13.3. The molecule has 1 nitrogen and oxygen atoms in total. The molecule has 0 amide bonds. The molecule has 0 aliphatic rings. The maximum Gasteiger partial charge on any atom is 0.129 e. The molecular weight excluding hydrogens is 213 g/mol. The third-order valence-electron chi connectivity index (χ3n) is 1.93. The minimum Gasteiger partial charge on any atom is -0.312 e. The third kappa shape index (κ3) is 4.33. The van der Waals surface area contributed by atoms with E-state index in [4.69, 9.17) is 11.6 Å². The van der Waals surface area contributed by atoms with E-state index in [2.05, 4.69) is 17.2 Å². The summed E-state index contributed by atoms with van der Waals surface area (Å²) in [5.74, 6) is 5.47. The summed E-state index contributed by atoms with van der Waals surface area (Å²) in [5, 5.41) is 3.54. The SMILES string of the molecule is CC#CCCNCc1ccc(Cl)cc1F. The van der Waals surface area contributed by atoms with Crippen LogP contribution in [-0.4, -0.2) is 6.54 Å². The quantitative estimate of drug-likeness (QED) is 0.614. The van der Waals surface area contributed by atoms with Gasteiger partial charge in [-0.1, -0.05) is 17.7 Å². The molecule has 0 fully saturated rings. The van der Waals surface area contributed by atoms with Crippen molar-refractivity contribution in [1.82, 2.24) is 5.32 Å². The first-order valence-corrected chi connectivity index (χ1v) is 5.16. The van der Waals surface area contributed by atoms with Crippen LogP contribution in [0, 0.1) is 17.7 Å². The smallest absolute Gasteiger partial charge is 0.129 e. The van der Waals surface area contributed by atoms with E-state index in [9.17, 15) is 4.39 Å². The van der Waals surface area contributed by atoms with E-state index < -0.39 is 0 Å². The summed E-state index contributed by atoms with van der Waals surface area (Å²) in [6, 6.07) is 4.70. The molecule has 3 heteroatoms. The molecule has 0 saturated heterocycles. The molecular formula is C12H13ClFN. The Morgan fingerprint density at radius 2 is 2.27 bits per heavy atom. The zero-order chi connectivity index (χ0) is 11.1. The van der Waals surface area contributed by atoms with Crippen LogP contribution in [0.15, 0.2) is 18.2 Å². The minimum atomic E-state index is -0.267. The van der Waals surface area contributed by atoms with Crippen LogP contribution in [0.3, 0.4) is 0 Å². The van der Waals surface area contributed by atoms with Gasteiger partial charge in [-0.25, -0.2) is 4.39 Å². The minimum absolute atomic E-state index is 0.267. The summed E-state index contributed by atoms with van der Waals surface area (Å²) in [6.45, 7) is 3.08. The van der Waals surface area contributed by atoms with Gasteiger partial charge in [-0.3, -0.25) is 0 Å². The molecule has 15 heavy (non-hydrogen) atoms. The summed E-state index contributed by atoms with van der Waals surface area (Å²) in [7, 11) is 0. The molecule has 0 bridgehead atoms. The lowest BCUT2D eigenvalue weighted by Crippen LogP contribution is -2.15. The predicted octanol–water partition coefficient (Wildman–Crippen LogP) is 2.98. The van der Waals surface area contributed by atoms with Crippen molar-refractivity contribution >= 4 is 11.6 Å². The van der Waals surface area contributed by atoms with Crippen LogP contribution in [-0.2, 0) is 6.54 Å². The lowest BCUT2D eigenvalue weighted by Gasteiger charge is -2.04. The van der Waals surface area contributed by atoms with Crippen LogP contribution in [0.25, 0.3) is 0 Å². The molecule has 0 spiro atoms. The standard InChI is InChI=1S/C12H13ClFN/c1-2-3-4-7-15-9-10-5-6-11(13)8-12(10)14/h5-6,8,15H,4,7,9H2,1H3. The third-order valence-corrected chi connectivity index (χ3v) is 2.17. The Bertz CT molecular complexity index is 379.